The molecule has 0 aliphatic carbocycles. The topological polar surface area (TPSA) is 61.7 Å². The van der Waals surface area contributed by atoms with Crippen LogP contribution in [0.1, 0.15) is 0 Å². The number of carboxylic acid groups (broad SMARTS) is 1. The smallest absolute Gasteiger partial charge is 0.363 e. The molecule has 1 aromatic carbocycles. The first-order valence-electron chi connectivity index (χ1n) is 3.57. The van der Waals surface area contributed by atoms with Crippen molar-refractivity contribution in [2.75, 3.05) is 5.43 Å². The Morgan fingerprint density at radius 2 is 2.00 bits per heavy atom. The van der Waals surface area contributed by atoms with Gasteiger partial charge in [0.05, 0.1) is 5.69 Å². The Balaban J connectivity index is 2.66. The van der Waals surface area contributed by atoms with Gasteiger partial charge in [-0.25, -0.2) is 4.79 Å². The van der Waals surface area contributed by atoms with Crippen LogP contribution in [0.3, 0.4) is 0 Å². The molecule has 0 spiro atoms. The van der Waals surface area contributed by atoms with E-state index in [0.717, 1.165) is 0 Å². The Bertz CT molecular complexity index is 364. The number of carboxylic acids is 1. The number of benzene rings is 1. The molecule has 0 amide bonds. The summed E-state index contributed by atoms with van der Waals surface area (Å²) in [6.45, 7) is 0. The predicted octanol–water partition coefficient (Wildman–Crippen LogP) is 2.54. The summed E-state index contributed by atoms with van der Waals surface area (Å²) in [5, 5.41) is 12.6. The fourth-order valence-electron chi connectivity index (χ4n) is 0.686. The summed E-state index contributed by atoms with van der Waals surface area (Å²) in [6.07, 6.45) is 0. The molecule has 0 heterocycles. The van der Waals surface area contributed by atoms with Crippen molar-refractivity contribution in [3.8, 4) is 0 Å². The van der Waals surface area contributed by atoms with Crippen molar-refractivity contribution in [3.05, 3.63) is 29.3 Å². The highest BCUT2D eigenvalue weighted by molar-refractivity contribution is 9.19. The molecule has 14 heavy (non-hydrogen) atoms. The van der Waals surface area contributed by atoms with E-state index in [1.165, 1.54) is 0 Å². The molecule has 4 nitrogen and oxygen atoms in total. The van der Waals surface area contributed by atoms with Gasteiger partial charge >= 0.3 is 5.97 Å². The Morgan fingerprint density at radius 3 is 2.50 bits per heavy atom. The SMILES string of the molecule is O=C(O)C(Br)=NNc1ccc(Cl)cc1. The predicted molar refractivity (Wildman–Crippen MR) is 59.1 cm³/mol. The highest BCUT2D eigenvalue weighted by Gasteiger charge is 2.02. The molecule has 0 saturated heterocycles. The van der Waals surface area contributed by atoms with E-state index in [-0.39, 0.29) is 4.62 Å². The third kappa shape index (κ3) is 3.35. The first-order chi connectivity index (χ1) is 6.59. The molecule has 0 bridgehead atoms. The maximum absolute atomic E-state index is 10.3. The van der Waals surface area contributed by atoms with Gasteiger partial charge in [-0.1, -0.05) is 11.6 Å². The number of hydrazone groups is 1. The molecule has 0 fully saturated rings. The number of rotatable bonds is 3. The molecular weight excluding hydrogens is 271 g/mol. The van der Waals surface area contributed by atoms with E-state index in [2.05, 4.69) is 26.5 Å². The van der Waals surface area contributed by atoms with Crippen LogP contribution in [-0.4, -0.2) is 15.7 Å². The highest BCUT2D eigenvalue weighted by atomic mass is 79.9. The molecular formula is C8H6BrClN2O2. The Labute approximate surface area is 93.7 Å². The number of carbonyl (C=O) groups is 1. The Hall–Kier alpha value is -1.07. The largest absolute Gasteiger partial charge is 0.476 e. The minimum absolute atomic E-state index is 0.188. The van der Waals surface area contributed by atoms with Crippen LogP contribution in [0.4, 0.5) is 5.69 Å². The quantitative estimate of drug-likeness (QED) is 0.659. The summed E-state index contributed by atoms with van der Waals surface area (Å²) in [5.41, 5.74) is 3.21. The molecule has 0 saturated carbocycles. The Morgan fingerprint density at radius 1 is 1.43 bits per heavy atom. The van der Waals surface area contributed by atoms with Crippen molar-refractivity contribution in [1.82, 2.24) is 0 Å². The second-order valence-electron chi connectivity index (χ2n) is 2.33. The fourth-order valence-corrected chi connectivity index (χ4v) is 0.901. The van der Waals surface area contributed by atoms with E-state index in [0.29, 0.717) is 10.7 Å². The molecule has 6 heteroatoms. The number of nitrogens with one attached hydrogen (secondary N) is 1. The molecule has 0 aromatic heterocycles. The lowest BCUT2D eigenvalue weighted by Crippen LogP contribution is -2.06. The van der Waals surface area contributed by atoms with E-state index >= 15 is 0 Å². The third-order valence-corrected chi connectivity index (χ3v) is 2.07. The number of halogens is 2. The van der Waals surface area contributed by atoms with Gasteiger partial charge in [-0.3, -0.25) is 5.43 Å². The van der Waals surface area contributed by atoms with Crippen LogP contribution in [0.15, 0.2) is 29.4 Å². The average Bonchev–Trinajstić information content (AvgIpc) is 2.16. The van der Waals surface area contributed by atoms with E-state index in [9.17, 15) is 4.79 Å². The van der Waals surface area contributed by atoms with Crippen molar-refractivity contribution in [1.29, 1.82) is 0 Å². The van der Waals surface area contributed by atoms with Crippen molar-refractivity contribution >= 4 is 43.8 Å². The van der Waals surface area contributed by atoms with Crippen LogP contribution in [0.2, 0.25) is 5.02 Å². The summed E-state index contributed by atoms with van der Waals surface area (Å²) < 4.78 is -0.188. The van der Waals surface area contributed by atoms with Crippen molar-refractivity contribution in [2.24, 2.45) is 5.10 Å². The van der Waals surface area contributed by atoms with Crippen molar-refractivity contribution in [2.45, 2.75) is 0 Å². The molecule has 1 rings (SSSR count). The lowest BCUT2D eigenvalue weighted by molar-refractivity contribution is -0.129. The normalized spacial score (nSPS) is 11.1. The van der Waals surface area contributed by atoms with Crippen LogP contribution in [0, 0.1) is 0 Å². The summed E-state index contributed by atoms with van der Waals surface area (Å²) in [6, 6.07) is 6.73. The van der Waals surface area contributed by atoms with Crippen LogP contribution < -0.4 is 5.43 Å². The standard InChI is InChI=1S/C8H6BrClN2O2/c9-7(8(13)14)12-11-6-3-1-5(10)2-4-6/h1-4,11H,(H,13,14). The zero-order valence-electron chi connectivity index (χ0n) is 6.87. The highest BCUT2D eigenvalue weighted by Crippen LogP contribution is 2.13. The summed E-state index contributed by atoms with van der Waals surface area (Å²) in [5.74, 6) is -1.13. The van der Waals surface area contributed by atoms with Gasteiger partial charge in [0.1, 0.15) is 0 Å². The van der Waals surface area contributed by atoms with E-state index in [1.807, 2.05) is 0 Å². The van der Waals surface area contributed by atoms with Crippen molar-refractivity contribution in [3.63, 3.8) is 0 Å². The number of aliphatic carboxylic acids is 1. The summed E-state index contributed by atoms with van der Waals surface area (Å²) >= 11 is 8.43. The average molecular weight is 278 g/mol. The van der Waals surface area contributed by atoms with Crippen LogP contribution in [0.25, 0.3) is 0 Å². The van der Waals surface area contributed by atoms with Gasteiger partial charge in [0.25, 0.3) is 0 Å². The van der Waals surface area contributed by atoms with Gasteiger partial charge in [0.15, 0.2) is 0 Å². The van der Waals surface area contributed by atoms with Gasteiger partial charge in [-0.05, 0) is 40.2 Å². The van der Waals surface area contributed by atoms with Gasteiger partial charge in [-0.15, -0.1) is 0 Å². The van der Waals surface area contributed by atoms with Crippen molar-refractivity contribution < 1.29 is 9.90 Å². The zero-order chi connectivity index (χ0) is 10.6. The molecule has 74 valence electrons. The molecule has 0 unspecified atom stereocenters. The number of hydrogen-bond acceptors (Lipinski definition) is 3. The first kappa shape index (κ1) is 11.0. The number of anilines is 1. The van der Waals surface area contributed by atoms with Crippen LogP contribution in [-0.2, 0) is 4.79 Å². The molecule has 2 N–H and O–H groups in total. The fraction of sp³-hybridized carbons (Fsp3) is 0. The van der Waals surface area contributed by atoms with Gasteiger partial charge in [0.2, 0.25) is 4.62 Å². The minimum Gasteiger partial charge on any atom is -0.476 e. The second kappa shape index (κ2) is 4.97. The molecule has 0 aliphatic heterocycles. The number of nitrogens with zero attached hydrogens (tertiary/aromatic N) is 1. The van der Waals surface area contributed by atoms with Gasteiger partial charge < -0.3 is 5.11 Å². The van der Waals surface area contributed by atoms with E-state index in [4.69, 9.17) is 16.7 Å². The van der Waals surface area contributed by atoms with E-state index < -0.39 is 5.97 Å². The maximum atomic E-state index is 10.3. The third-order valence-electron chi connectivity index (χ3n) is 1.30. The molecule has 0 aliphatic rings. The van der Waals surface area contributed by atoms with Crippen LogP contribution >= 0.6 is 27.5 Å². The van der Waals surface area contributed by atoms with Gasteiger partial charge in [0, 0.05) is 5.02 Å². The monoisotopic (exact) mass is 276 g/mol. The molecule has 1 aromatic rings. The summed E-state index contributed by atoms with van der Waals surface area (Å²) in [7, 11) is 0. The minimum atomic E-state index is -1.13. The second-order valence-corrected chi connectivity index (χ2v) is 3.51. The summed E-state index contributed by atoms with van der Waals surface area (Å²) in [4.78, 5) is 10.3. The Kier molecular flexibility index (Phi) is 3.91. The van der Waals surface area contributed by atoms with Gasteiger partial charge in [-0.2, -0.15) is 5.10 Å². The lowest BCUT2D eigenvalue weighted by Gasteiger charge is -1.99. The lowest BCUT2D eigenvalue weighted by atomic mass is 10.3. The van der Waals surface area contributed by atoms with Crippen LogP contribution in [0.5, 0.6) is 0 Å². The first-order valence-corrected chi connectivity index (χ1v) is 4.75. The zero-order valence-corrected chi connectivity index (χ0v) is 9.21. The molecule has 0 radical (unpaired) electrons. The maximum Gasteiger partial charge on any atom is 0.363 e. The number of hydrogen-bond donors (Lipinski definition) is 2. The molecule has 0 atom stereocenters. The van der Waals surface area contributed by atoms with E-state index in [1.54, 1.807) is 24.3 Å².